The number of alkyl halides is 1. The Morgan fingerprint density at radius 3 is 2.79 bits per heavy atom. The van der Waals surface area contributed by atoms with Crippen LogP contribution in [0.5, 0.6) is 5.88 Å². The van der Waals surface area contributed by atoms with Gasteiger partial charge < -0.3 is 14.9 Å². The highest BCUT2D eigenvalue weighted by Crippen LogP contribution is 2.18. The van der Waals surface area contributed by atoms with Crippen LogP contribution < -0.4 is 4.74 Å². The molecular formula is C9H12ClNO3. The molecule has 0 saturated carbocycles. The molecular weight excluding hydrogens is 206 g/mol. The number of aliphatic hydroxyl groups excluding tert-OH is 2. The highest BCUT2D eigenvalue weighted by molar-refractivity contribution is 6.18. The Kier molecular flexibility index (Phi) is 4.13. The van der Waals surface area contributed by atoms with Crippen LogP contribution in [0.15, 0.2) is 18.2 Å². The Morgan fingerprint density at radius 2 is 2.21 bits per heavy atom. The first kappa shape index (κ1) is 11.2. The second-order valence-corrected chi connectivity index (χ2v) is 3.08. The second-order valence-electron chi connectivity index (χ2n) is 2.77. The molecule has 1 rings (SSSR count). The van der Waals surface area contributed by atoms with Crippen molar-refractivity contribution in [2.24, 2.45) is 0 Å². The minimum atomic E-state index is -1.08. The van der Waals surface area contributed by atoms with Crippen LogP contribution in [0.1, 0.15) is 11.8 Å². The summed E-state index contributed by atoms with van der Waals surface area (Å²) in [4.78, 5) is 3.97. The van der Waals surface area contributed by atoms with Gasteiger partial charge in [-0.1, -0.05) is 6.07 Å². The molecule has 0 aliphatic rings. The van der Waals surface area contributed by atoms with E-state index in [0.717, 1.165) is 0 Å². The summed E-state index contributed by atoms with van der Waals surface area (Å²) in [6, 6.07) is 4.94. The summed E-state index contributed by atoms with van der Waals surface area (Å²) in [5.74, 6) is 0.350. The number of halogens is 1. The van der Waals surface area contributed by atoms with Crippen LogP contribution in [0.4, 0.5) is 0 Å². The van der Waals surface area contributed by atoms with Gasteiger partial charge in [0.25, 0.3) is 0 Å². The van der Waals surface area contributed by atoms with Gasteiger partial charge >= 0.3 is 0 Å². The Bertz CT molecular complexity index is 295. The van der Waals surface area contributed by atoms with Crippen molar-refractivity contribution in [3.05, 3.63) is 23.9 Å². The normalized spacial score (nSPS) is 14.9. The largest absolute Gasteiger partial charge is 0.481 e. The molecule has 0 aromatic carbocycles. The maximum Gasteiger partial charge on any atom is 0.213 e. The first-order chi connectivity index (χ1) is 6.69. The number of pyridine rings is 1. The van der Waals surface area contributed by atoms with Gasteiger partial charge in [0.05, 0.1) is 24.8 Å². The molecule has 0 aliphatic heterocycles. The zero-order valence-electron chi connectivity index (χ0n) is 7.72. The molecule has 0 fully saturated rings. The summed E-state index contributed by atoms with van der Waals surface area (Å²) in [7, 11) is 1.48. The standard InChI is InChI=1S/C9H12ClNO3/c1-14-8-4-2-3-6(11-8)9(13)7(12)5-10/h2-4,7,9,12-13H,5H2,1H3. The summed E-state index contributed by atoms with van der Waals surface area (Å²) in [6.45, 7) is 0. The van der Waals surface area contributed by atoms with E-state index in [0.29, 0.717) is 11.6 Å². The molecule has 1 heterocycles. The quantitative estimate of drug-likeness (QED) is 0.730. The number of ether oxygens (including phenoxy) is 1. The summed E-state index contributed by atoms with van der Waals surface area (Å²) in [6.07, 6.45) is -2.10. The zero-order chi connectivity index (χ0) is 10.6. The van der Waals surface area contributed by atoms with Gasteiger partial charge in [-0.3, -0.25) is 0 Å². The van der Waals surface area contributed by atoms with Crippen LogP contribution in [0.3, 0.4) is 0 Å². The summed E-state index contributed by atoms with van der Waals surface area (Å²) < 4.78 is 4.88. The second kappa shape index (κ2) is 5.14. The van der Waals surface area contributed by atoms with Gasteiger partial charge in [0, 0.05) is 6.07 Å². The molecule has 0 amide bonds. The van der Waals surface area contributed by atoms with Crippen molar-refractivity contribution in [1.82, 2.24) is 4.98 Å². The maximum atomic E-state index is 9.56. The smallest absolute Gasteiger partial charge is 0.213 e. The van der Waals surface area contributed by atoms with Crippen molar-refractivity contribution >= 4 is 11.6 Å². The number of nitrogens with zero attached hydrogens (tertiary/aromatic N) is 1. The molecule has 1 aromatic heterocycles. The van der Waals surface area contributed by atoms with E-state index in [2.05, 4.69) is 4.98 Å². The van der Waals surface area contributed by atoms with Crippen LogP contribution in [0.2, 0.25) is 0 Å². The molecule has 2 atom stereocenters. The predicted molar refractivity (Wildman–Crippen MR) is 52.5 cm³/mol. The number of aliphatic hydroxyl groups is 2. The lowest BCUT2D eigenvalue weighted by molar-refractivity contribution is 0.0297. The van der Waals surface area contributed by atoms with Gasteiger partial charge in [-0.2, -0.15) is 0 Å². The third-order valence-corrected chi connectivity index (χ3v) is 2.10. The Balaban J connectivity index is 2.83. The number of hydrogen-bond donors (Lipinski definition) is 2. The molecule has 2 N–H and O–H groups in total. The third-order valence-electron chi connectivity index (χ3n) is 1.78. The molecule has 5 heteroatoms. The van der Waals surface area contributed by atoms with Crippen molar-refractivity contribution in [3.63, 3.8) is 0 Å². The van der Waals surface area contributed by atoms with E-state index >= 15 is 0 Å². The van der Waals surface area contributed by atoms with Crippen molar-refractivity contribution in [3.8, 4) is 5.88 Å². The molecule has 0 spiro atoms. The van der Waals surface area contributed by atoms with E-state index in [9.17, 15) is 10.2 Å². The van der Waals surface area contributed by atoms with E-state index in [1.54, 1.807) is 18.2 Å². The molecule has 0 saturated heterocycles. The Morgan fingerprint density at radius 1 is 1.50 bits per heavy atom. The number of hydrogen-bond acceptors (Lipinski definition) is 4. The van der Waals surface area contributed by atoms with Crippen LogP contribution in [0, 0.1) is 0 Å². The van der Waals surface area contributed by atoms with Crippen molar-refractivity contribution in [1.29, 1.82) is 0 Å². The van der Waals surface area contributed by atoms with E-state index in [4.69, 9.17) is 16.3 Å². The fourth-order valence-electron chi connectivity index (χ4n) is 0.991. The number of rotatable bonds is 4. The monoisotopic (exact) mass is 217 g/mol. The predicted octanol–water partition coefficient (Wildman–Crippen LogP) is 0.723. The van der Waals surface area contributed by atoms with E-state index in [1.165, 1.54) is 7.11 Å². The zero-order valence-corrected chi connectivity index (χ0v) is 8.48. The lowest BCUT2D eigenvalue weighted by Crippen LogP contribution is -2.20. The SMILES string of the molecule is COc1cccc(C(O)C(O)CCl)n1. The Hall–Kier alpha value is -0.840. The lowest BCUT2D eigenvalue weighted by atomic mass is 10.1. The summed E-state index contributed by atoms with van der Waals surface area (Å²) in [5, 5.41) is 18.8. The molecule has 14 heavy (non-hydrogen) atoms. The number of aromatic nitrogens is 1. The van der Waals surface area contributed by atoms with Crippen LogP contribution in [0.25, 0.3) is 0 Å². The fourth-order valence-corrected chi connectivity index (χ4v) is 1.16. The van der Waals surface area contributed by atoms with Gasteiger partial charge in [-0.25, -0.2) is 4.98 Å². The van der Waals surface area contributed by atoms with Gasteiger partial charge in [-0.15, -0.1) is 11.6 Å². The minimum Gasteiger partial charge on any atom is -0.481 e. The highest BCUT2D eigenvalue weighted by atomic mass is 35.5. The average molecular weight is 218 g/mol. The average Bonchev–Trinajstić information content (AvgIpc) is 2.27. The molecule has 4 nitrogen and oxygen atoms in total. The van der Waals surface area contributed by atoms with E-state index in [-0.39, 0.29) is 5.88 Å². The van der Waals surface area contributed by atoms with Gasteiger partial charge in [0.2, 0.25) is 5.88 Å². The van der Waals surface area contributed by atoms with Crippen LogP contribution in [-0.4, -0.2) is 34.3 Å². The highest BCUT2D eigenvalue weighted by Gasteiger charge is 2.18. The first-order valence-corrected chi connectivity index (χ1v) is 4.65. The molecule has 0 aliphatic carbocycles. The molecule has 78 valence electrons. The van der Waals surface area contributed by atoms with Gasteiger partial charge in [0.1, 0.15) is 6.10 Å². The topological polar surface area (TPSA) is 62.6 Å². The molecule has 0 radical (unpaired) electrons. The van der Waals surface area contributed by atoms with Gasteiger partial charge in [0.15, 0.2) is 0 Å². The van der Waals surface area contributed by atoms with E-state index in [1.807, 2.05) is 0 Å². The van der Waals surface area contributed by atoms with Crippen molar-refractivity contribution in [2.75, 3.05) is 13.0 Å². The van der Waals surface area contributed by atoms with E-state index < -0.39 is 12.2 Å². The molecule has 0 bridgehead atoms. The van der Waals surface area contributed by atoms with Crippen molar-refractivity contribution < 1.29 is 14.9 Å². The fraction of sp³-hybridized carbons (Fsp3) is 0.444. The molecule has 1 aromatic rings. The van der Waals surface area contributed by atoms with Crippen LogP contribution in [-0.2, 0) is 0 Å². The first-order valence-electron chi connectivity index (χ1n) is 4.12. The third kappa shape index (κ3) is 2.57. The number of methoxy groups -OCH3 is 1. The van der Waals surface area contributed by atoms with Crippen LogP contribution >= 0.6 is 11.6 Å². The van der Waals surface area contributed by atoms with Gasteiger partial charge in [-0.05, 0) is 6.07 Å². The minimum absolute atomic E-state index is 0.0416. The lowest BCUT2D eigenvalue weighted by Gasteiger charge is -2.14. The molecule has 2 unspecified atom stereocenters. The maximum absolute atomic E-state index is 9.56. The van der Waals surface area contributed by atoms with Crippen molar-refractivity contribution in [2.45, 2.75) is 12.2 Å². The Labute approximate surface area is 87.1 Å². The summed E-state index contributed by atoms with van der Waals surface area (Å²) >= 11 is 5.40. The summed E-state index contributed by atoms with van der Waals surface area (Å²) in [5.41, 5.74) is 0.345.